The Labute approximate surface area is 93.5 Å². The van der Waals surface area contributed by atoms with Crippen molar-refractivity contribution in [3.05, 3.63) is 0 Å². The highest BCUT2D eigenvalue weighted by molar-refractivity contribution is 4.95. The highest BCUT2D eigenvalue weighted by Gasteiger charge is 2.41. The van der Waals surface area contributed by atoms with E-state index in [9.17, 15) is 0 Å². The van der Waals surface area contributed by atoms with Crippen LogP contribution in [-0.2, 0) is 0 Å². The first-order valence-corrected chi connectivity index (χ1v) is 6.58. The summed E-state index contributed by atoms with van der Waals surface area (Å²) in [4.78, 5) is 0. The molecule has 0 atom stereocenters. The van der Waals surface area contributed by atoms with Crippen LogP contribution in [0.4, 0.5) is 0 Å². The van der Waals surface area contributed by atoms with Gasteiger partial charge >= 0.3 is 0 Å². The van der Waals surface area contributed by atoms with E-state index in [4.69, 9.17) is 5.11 Å². The summed E-state index contributed by atoms with van der Waals surface area (Å²) in [5, 5.41) is 12.7. The molecule has 2 rings (SSSR count). The summed E-state index contributed by atoms with van der Waals surface area (Å²) in [6.45, 7) is 3.88. The Morgan fingerprint density at radius 2 is 1.87 bits per heavy atom. The van der Waals surface area contributed by atoms with Gasteiger partial charge in [0, 0.05) is 19.2 Å². The van der Waals surface area contributed by atoms with Crippen LogP contribution in [0.25, 0.3) is 0 Å². The van der Waals surface area contributed by atoms with E-state index in [1.54, 1.807) is 0 Å². The van der Waals surface area contributed by atoms with Crippen LogP contribution in [0.2, 0.25) is 0 Å². The average molecular weight is 211 g/mol. The van der Waals surface area contributed by atoms with Gasteiger partial charge in [-0.1, -0.05) is 6.92 Å². The fourth-order valence-corrected chi connectivity index (χ4v) is 2.75. The van der Waals surface area contributed by atoms with Crippen LogP contribution < -0.4 is 5.32 Å². The molecule has 2 N–H and O–H groups in total. The Balaban J connectivity index is 1.65. The Morgan fingerprint density at radius 3 is 2.40 bits per heavy atom. The maximum Gasteiger partial charge on any atom is 0.0436 e. The summed E-state index contributed by atoms with van der Waals surface area (Å²) >= 11 is 0. The van der Waals surface area contributed by atoms with Gasteiger partial charge in [0.15, 0.2) is 0 Å². The molecule has 2 aliphatic rings. The lowest BCUT2D eigenvalue weighted by molar-refractivity contribution is 0.232. The molecule has 88 valence electrons. The quantitative estimate of drug-likeness (QED) is 0.731. The van der Waals surface area contributed by atoms with Crippen LogP contribution in [0.1, 0.15) is 51.9 Å². The molecule has 0 spiro atoms. The highest BCUT2D eigenvalue weighted by atomic mass is 16.3. The molecule has 0 heterocycles. The number of aliphatic hydroxyl groups excluding tert-OH is 1. The monoisotopic (exact) mass is 211 g/mol. The number of rotatable bonds is 5. The molecule has 0 aliphatic heterocycles. The molecule has 2 fully saturated rings. The van der Waals surface area contributed by atoms with Crippen molar-refractivity contribution in [1.29, 1.82) is 0 Å². The molecular formula is C13H25NO. The van der Waals surface area contributed by atoms with E-state index in [-0.39, 0.29) is 0 Å². The second-order valence-corrected chi connectivity index (χ2v) is 5.81. The molecular weight excluding hydrogens is 186 g/mol. The van der Waals surface area contributed by atoms with E-state index in [0.29, 0.717) is 12.0 Å². The van der Waals surface area contributed by atoms with Crippen molar-refractivity contribution in [2.45, 2.75) is 57.9 Å². The van der Waals surface area contributed by atoms with Gasteiger partial charge in [-0.15, -0.1) is 0 Å². The molecule has 0 aromatic carbocycles. The van der Waals surface area contributed by atoms with Gasteiger partial charge in [0.1, 0.15) is 0 Å². The first kappa shape index (κ1) is 11.4. The molecule has 0 aromatic rings. The zero-order chi connectivity index (χ0) is 10.7. The van der Waals surface area contributed by atoms with E-state index >= 15 is 0 Å². The van der Waals surface area contributed by atoms with Crippen LogP contribution in [0.15, 0.2) is 0 Å². The van der Waals surface area contributed by atoms with Gasteiger partial charge in [0.25, 0.3) is 0 Å². The zero-order valence-electron chi connectivity index (χ0n) is 9.97. The van der Waals surface area contributed by atoms with Crippen LogP contribution in [0.5, 0.6) is 0 Å². The first-order valence-electron chi connectivity index (χ1n) is 6.58. The van der Waals surface area contributed by atoms with E-state index in [0.717, 1.165) is 24.9 Å². The van der Waals surface area contributed by atoms with Gasteiger partial charge in [-0.25, -0.2) is 0 Å². The van der Waals surface area contributed by atoms with Gasteiger partial charge < -0.3 is 10.4 Å². The Hall–Kier alpha value is -0.0800. The summed E-state index contributed by atoms with van der Waals surface area (Å²) < 4.78 is 0. The summed E-state index contributed by atoms with van der Waals surface area (Å²) in [5.74, 6) is 0.940. The maximum absolute atomic E-state index is 8.99. The standard InChI is InChI=1S/C13H25NO/c1-11-2-4-12(5-3-11)14-10-13(6-7-13)8-9-15/h11-12,14-15H,2-10H2,1H3. The molecule has 2 heteroatoms. The van der Waals surface area contributed by atoms with Crippen molar-refractivity contribution >= 4 is 0 Å². The normalized spacial score (nSPS) is 34.0. The smallest absolute Gasteiger partial charge is 0.0436 e. The minimum atomic E-state index is 0.364. The van der Waals surface area contributed by atoms with Crippen LogP contribution in [0.3, 0.4) is 0 Å². The van der Waals surface area contributed by atoms with Crippen molar-refractivity contribution in [2.24, 2.45) is 11.3 Å². The average Bonchev–Trinajstić information content (AvgIpc) is 2.99. The van der Waals surface area contributed by atoms with Gasteiger partial charge in [-0.3, -0.25) is 0 Å². The van der Waals surface area contributed by atoms with Crippen molar-refractivity contribution in [2.75, 3.05) is 13.2 Å². The predicted octanol–water partition coefficient (Wildman–Crippen LogP) is 2.32. The molecule has 2 saturated carbocycles. The minimum Gasteiger partial charge on any atom is -0.396 e. The number of hydrogen-bond acceptors (Lipinski definition) is 2. The van der Waals surface area contributed by atoms with Crippen molar-refractivity contribution < 1.29 is 5.11 Å². The fraction of sp³-hybridized carbons (Fsp3) is 1.00. The number of aliphatic hydroxyl groups is 1. The predicted molar refractivity (Wildman–Crippen MR) is 62.8 cm³/mol. The third-order valence-corrected chi connectivity index (χ3v) is 4.38. The van der Waals surface area contributed by atoms with Crippen LogP contribution >= 0.6 is 0 Å². The second kappa shape index (κ2) is 4.84. The third kappa shape index (κ3) is 3.18. The maximum atomic E-state index is 8.99. The minimum absolute atomic E-state index is 0.364. The van der Waals surface area contributed by atoms with Crippen LogP contribution in [-0.4, -0.2) is 24.3 Å². The van der Waals surface area contributed by atoms with E-state index in [2.05, 4.69) is 12.2 Å². The van der Waals surface area contributed by atoms with Crippen LogP contribution in [0, 0.1) is 11.3 Å². The molecule has 2 aliphatic carbocycles. The van der Waals surface area contributed by atoms with Gasteiger partial charge in [0.2, 0.25) is 0 Å². The number of nitrogens with one attached hydrogen (secondary N) is 1. The van der Waals surface area contributed by atoms with Crippen molar-refractivity contribution in [3.63, 3.8) is 0 Å². The van der Waals surface area contributed by atoms with Gasteiger partial charge in [-0.2, -0.15) is 0 Å². The second-order valence-electron chi connectivity index (χ2n) is 5.81. The Bertz CT molecular complexity index is 193. The summed E-state index contributed by atoms with van der Waals surface area (Å²) in [7, 11) is 0. The van der Waals surface area contributed by atoms with E-state index in [1.165, 1.54) is 38.5 Å². The molecule has 0 bridgehead atoms. The molecule has 0 amide bonds. The van der Waals surface area contributed by atoms with Crippen molar-refractivity contribution in [3.8, 4) is 0 Å². The first-order chi connectivity index (χ1) is 7.24. The topological polar surface area (TPSA) is 32.3 Å². The summed E-state index contributed by atoms with van der Waals surface area (Å²) in [6, 6.07) is 0.761. The van der Waals surface area contributed by atoms with Gasteiger partial charge in [-0.05, 0) is 56.3 Å². The number of hydrogen-bond donors (Lipinski definition) is 2. The Kier molecular flexibility index (Phi) is 3.68. The largest absolute Gasteiger partial charge is 0.396 e. The van der Waals surface area contributed by atoms with Gasteiger partial charge in [0.05, 0.1) is 0 Å². The SMILES string of the molecule is CC1CCC(NCC2(CCO)CC2)CC1. The molecule has 15 heavy (non-hydrogen) atoms. The summed E-state index contributed by atoms with van der Waals surface area (Å²) in [6.07, 6.45) is 9.15. The third-order valence-electron chi connectivity index (χ3n) is 4.38. The molecule has 0 aromatic heterocycles. The van der Waals surface area contributed by atoms with E-state index in [1.807, 2.05) is 0 Å². The van der Waals surface area contributed by atoms with Crippen molar-refractivity contribution in [1.82, 2.24) is 5.32 Å². The lowest BCUT2D eigenvalue weighted by Crippen LogP contribution is -2.36. The lowest BCUT2D eigenvalue weighted by atomic mass is 9.87. The molecule has 0 saturated heterocycles. The molecule has 0 radical (unpaired) electrons. The molecule has 2 nitrogen and oxygen atoms in total. The van der Waals surface area contributed by atoms with E-state index < -0.39 is 0 Å². The zero-order valence-corrected chi connectivity index (χ0v) is 9.97. The Morgan fingerprint density at radius 1 is 1.20 bits per heavy atom. The lowest BCUT2D eigenvalue weighted by Gasteiger charge is -2.28. The summed E-state index contributed by atoms with van der Waals surface area (Å²) in [5.41, 5.74) is 0.484. The fourth-order valence-electron chi connectivity index (χ4n) is 2.75. The molecule has 0 unspecified atom stereocenters. The highest BCUT2D eigenvalue weighted by Crippen LogP contribution is 2.48.